The second kappa shape index (κ2) is 7.47. The second-order valence-electron chi connectivity index (χ2n) is 6.97. The number of nitrogens with zero attached hydrogens (tertiary/aromatic N) is 6. The summed E-state index contributed by atoms with van der Waals surface area (Å²) in [6.07, 6.45) is 6.95. The van der Waals surface area contributed by atoms with Crippen molar-refractivity contribution in [3.8, 4) is 0 Å². The van der Waals surface area contributed by atoms with Gasteiger partial charge in [-0.15, -0.1) is 5.10 Å². The number of amides is 1. The zero-order valence-corrected chi connectivity index (χ0v) is 15.7. The number of anilines is 3. The van der Waals surface area contributed by atoms with E-state index in [4.69, 9.17) is 4.42 Å². The van der Waals surface area contributed by atoms with E-state index in [2.05, 4.69) is 35.7 Å². The van der Waals surface area contributed by atoms with E-state index in [0.29, 0.717) is 24.8 Å². The van der Waals surface area contributed by atoms with E-state index < -0.39 is 5.91 Å². The topological polar surface area (TPSA) is 112 Å². The minimum Gasteiger partial charge on any atom is -0.399 e. The number of aromatic nitrogens is 4. The molecular weight excluding hydrogens is 372 g/mol. The summed E-state index contributed by atoms with van der Waals surface area (Å²) in [6.45, 7) is 4.80. The Labute approximate surface area is 167 Å². The number of pyridine rings is 2. The van der Waals surface area contributed by atoms with Crippen LogP contribution in [0.15, 0.2) is 41.3 Å². The van der Waals surface area contributed by atoms with Crippen LogP contribution in [0.4, 0.5) is 17.4 Å². The first-order valence-corrected chi connectivity index (χ1v) is 9.49. The molecule has 3 aromatic rings. The minimum absolute atomic E-state index is 0.0794. The Kier molecular flexibility index (Phi) is 4.53. The van der Waals surface area contributed by atoms with Crippen molar-refractivity contribution in [3.05, 3.63) is 53.9 Å². The third-order valence-electron chi connectivity index (χ3n) is 5.11. The summed E-state index contributed by atoms with van der Waals surface area (Å²) in [5.41, 5.74) is 3.84. The fourth-order valence-corrected chi connectivity index (χ4v) is 3.63. The first kappa shape index (κ1) is 17.6. The number of piperazine rings is 1. The van der Waals surface area contributed by atoms with E-state index in [0.717, 1.165) is 37.4 Å². The van der Waals surface area contributed by atoms with E-state index in [1.54, 1.807) is 18.6 Å². The smallest absolute Gasteiger partial charge is 0.319 e. The molecule has 0 aliphatic carbocycles. The Morgan fingerprint density at radius 3 is 2.66 bits per heavy atom. The van der Waals surface area contributed by atoms with Crippen molar-refractivity contribution in [2.75, 3.05) is 41.3 Å². The number of rotatable bonds is 4. The van der Waals surface area contributed by atoms with Crippen LogP contribution in [0.25, 0.3) is 0 Å². The maximum atomic E-state index is 12.7. The van der Waals surface area contributed by atoms with Crippen molar-refractivity contribution >= 4 is 23.3 Å². The van der Waals surface area contributed by atoms with Crippen LogP contribution in [0.2, 0.25) is 0 Å². The number of hydrogen-bond donors (Lipinski definition) is 2. The third-order valence-corrected chi connectivity index (χ3v) is 5.11. The average Bonchev–Trinajstić information content (AvgIpc) is 3.42. The molecular formula is C19H20N8O2. The van der Waals surface area contributed by atoms with Crippen molar-refractivity contribution < 1.29 is 9.21 Å². The largest absolute Gasteiger partial charge is 0.399 e. The lowest BCUT2D eigenvalue weighted by Crippen LogP contribution is -2.43. The molecule has 1 amide bonds. The van der Waals surface area contributed by atoms with Gasteiger partial charge in [0.15, 0.2) is 0 Å². The predicted molar refractivity (Wildman–Crippen MR) is 106 cm³/mol. The molecule has 0 spiro atoms. The van der Waals surface area contributed by atoms with Gasteiger partial charge in [0.05, 0.1) is 17.6 Å². The Morgan fingerprint density at radius 2 is 1.79 bits per heavy atom. The van der Waals surface area contributed by atoms with Gasteiger partial charge in [0, 0.05) is 57.9 Å². The fourth-order valence-electron chi connectivity index (χ4n) is 3.63. The maximum Gasteiger partial charge on any atom is 0.319 e. The SMILES string of the molecule is O=C(Nc1cnccc1N1CCNCC1)c1nnc(N2Cc3ccncc3C2)o1. The lowest BCUT2D eigenvalue weighted by atomic mass is 10.2. The zero-order chi connectivity index (χ0) is 19.6. The first-order valence-electron chi connectivity index (χ1n) is 9.49. The van der Waals surface area contributed by atoms with Crippen molar-refractivity contribution in [1.82, 2.24) is 25.5 Å². The van der Waals surface area contributed by atoms with E-state index in [9.17, 15) is 4.79 Å². The fraction of sp³-hybridized carbons (Fsp3) is 0.316. The quantitative estimate of drug-likeness (QED) is 0.672. The molecule has 0 unspecified atom stereocenters. The summed E-state index contributed by atoms with van der Waals surface area (Å²) in [5, 5.41) is 14.2. The monoisotopic (exact) mass is 392 g/mol. The molecule has 5 heterocycles. The highest BCUT2D eigenvalue weighted by Crippen LogP contribution is 2.28. The van der Waals surface area contributed by atoms with Gasteiger partial charge in [0.1, 0.15) is 0 Å². The van der Waals surface area contributed by atoms with Crippen molar-refractivity contribution in [3.63, 3.8) is 0 Å². The molecule has 0 saturated carbocycles. The molecule has 148 valence electrons. The molecule has 1 saturated heterocycles. The Hall–Kier alpha value is -3.53. The van der Waals surface area contributed by atoms with E-state index >= 15 is 0 Å². The maximum absolute atomic E-state index is 12.7. The van der Waals surface area contributed by atoms with Gasteiger partial charge in [-0.3, -0.25) is 14.8 Å². The molecule has 3 aromatic heterocycles. The van der Waals surface area contributed by atoms with Crippen LogP contribution in [0.1, 0.15) is 21.8 Å². The van der Waals surface area contributed by atoms with Crippen LogP contribution < -0.4 is 20.4 Å². The Bertz CT molecular complexity index is 1010. The van der Waals surface area contributed by atoms with Gasteiger partial charge in [-0.05, 0) is 23.3 Å². The average molecular weight is 392 g/mol. The van der Waals surface area contributed by atoms with Crippen molar-refractivity contribution in [2.45, 2.75) is 13.1 Å². The number of fused-ring (bicyclic) bond motifs is 1. The highest BCUT2D eigenvalue weighted by Gasteiger charge is 2.25. The first-order chi connectivity index (χ1) is 14.3. The Morgan fingerprint density at radius 1 is 1.00 bits per heavy atom. The molecule has 0 atom stereocenters. The lowest BCUT2D eigenvalue weighted by molar-refractivity contribution is 0.0990. The van der Waals surface area contributed by atoms with Gasteiger partial charge in [0.25, 0.3) is 0 Å². The second-order valence-corrected chi connectivity index (χ2v) is 6.97. The van der Waals surface area contributed by atoms with E-state index in [1.807, 2.05) is 23.2 Å². The van der Waals surface area contributed by atoms with Crippen molar-refractivity contribution in [2.24, 2.45) is 0 Å². The zero-order valence-electron chi connectivity index (χ0n) is 15.7. The number of carbonyl (C=O) groups excluding carboxylic acids is 1. The van der Waals surface area contributed by atoms with Gasteiger partial charge in [-0.1, -0.05) is 5.10 Å². The van der Waals surface area contributed by atoms with Crippen LogP contribution >= 0.6 is 0 Å². The van der Waals surface area contributed by atoms with Gasteiger partial charge in [0.2, 0.25) is 0 Å². The molecule has 0 aromatic carbocycles. The molecule has 2 aliphatic heterocycles. The Balaban J connectivity index is 1.30. The molecule has 10 nitrogen and oxygen atoms in total. The summed E-state index contributed by atoms with van der Waals surface area (Å²) in [5.74, 6) is -0.532. The highest BCUT2D eigenvalue weighted by molar-refractivity contribution is 6.02. The molecule has 0 radical (unpaired) electrons. The molecule has 2 N–H and O–H groups in total. The van der Waals surface area contributed by atoms with Gasteiger partial charge >= 0.3 is 17.8 Å². The van der Waals surface area contributed by atoms with Crippen LogP contribution in [-0.2, 0) is 13.1 Å². The number of hydrogen-bond acceptors (Lipinski definition) is 9. The molecule has 29 heavy (non-hydrogen) atoms. The highest BCUT2D eigenvalue weighted by atomic mass is 16.4. The summed E-state index contributed by atoms with van der Waals surface area (Å²) < 4.78 is 5.65. The molecule has 1 fully saturated rings. The molecule has 0 bridgehead atoms. The van der Waals surface area contributed by atoms with Crippen LogP contribution in [0, 0.1) is 0 Å². The van der Waals surface area contributed by atoms with Gasteiger partial charge in [-0.25, -0.2) is 0 Å². The summed E-state index contributed by atoms with van der Waals surface area (Å²) in [6, 6.07) is 4.19. The third kappa shape index (κ3) is 3.49. The molecule has 2 aliphatic rings. The van der Waals surface area contributed by atoms with Gasteiger partial charge in [-0.2, -0.15) is 0 Å². The van der Waals surface area contributed by atoms with Crippen LogP contribution in [-0.4, -0.2) is 52.3 Å². The standard InChI is InChI=1S/C19H20N8O2/c28-17(23-15-10-22-4-2-16(15)26-7-5-20-6-8-26)18-24-25-19(29-18)27-11-13-1-3-21-9-14(13)12-27/h1-4,9-10,20H,5-8,11-12H2,(H,23,28). The normalized spacial score (nSPS) is 16.0. The van der Waals surface area contributed by atoms with Crippen LogP contribution in [0.3, 0.4) is 0 Å². The molecule has 5 rings (SSSR count). The van der Waals surface area contributed by atoms with Gasteiger partial charge < -0.3 is 24.9 Å². The predicted octanol–water partition coefficient (Wildman–Crippen LogP) is 1.04. The minimum atomic E-state index is -0.452. The number of carbonyl (C=O) groups is 1. The van der Waals surface area contributed by atoms with E-state index in [1.165, 1.54) is 5.56 Å². The molecule has 10 heteroatoms. The lowest BCUT2D eigenvalue weighted by Gasteiger charge is -2.30. The van der Waals surface area contributed by atoms with Crippen molar-refractivity contribution in [1.29, 1.82) is 0 Å². The number of nitrogens with one attached hydrogen (secondary N) is 2. The summed E-state index contributed by atoms with van der Waals surface area (Å²) in [4.78, 5) is 25.1. The van der Waals surface area contributed by atoms with E-state index in [-0.39, 0.29) is 5.89 Å². The van der Waals surface area contributed by atoms with Crippen LogP contribution in [0.5, 0.6) is 0 Å². The summed E-state index contributed by atoms with van der Waals surface area (Å²) in [7, 11) is 0. The summed E-state index contributed by atoms with van der Waals surface area (Å²) >= 11 is 0.